The minimum Gasteiger partial charge on any atom is -0.373 e. The number of likely N-dealkylation sites (N-methyl/N-ethyl adjacent to an activating group) is 1. The minimum absolute atomic E-state index is 0.0804. The van der Waals surface area contributed by atoms with Crippen molar-refractivity contribution in [2.45, 2.75) is 12.5 Å². The summed E-state index contributed by atoms with van der Waals surface area (Å²) < 4.78 is 0.856. The second-order valence-electron chi connectivity index (χ2n) is 4.05. The van der Waals surface area contributed by atoms with E-state index in [-0.39, 0.29) is 11.9 Å². The monoisotopic (exact) mass is 293 g/mol. The highest BCUT2D eigenvalue weighted by Crippen LogP contribution is 2.23. The van der Waals surface area contributed by atoms with Crippen molar-refractivity contribution in [1.29, 1.82) is 5.26 Å². The van der Waals surface area contributed by atoms with Gasteiger partial charge in [-0.15, -0.1) is 0 Å². The maximum atomic E-state index is 11.7. The Bertz CT molecular complexity index is 495. The first-order chi connectivity index (χ1) is 8.11. The average molecular weight is 294 g/mol. The molecule has 1 amide bonds. The molecule has 0 saturated carbocycles. The summed E-state index contributed by atoms with van der Waals surface area (Å²) in [5.74, 6) is 0.0804. The number of nitrogens with one attached hydrogen (secondary N) is 1. The highest BCUT2D eigenvalue weighted by molar-refractivity contribution is 9.10. The Balaban J connectivity index is 2.20. The van der Waals surface area contributed by atoms with Crippen LogP contribution in [0.3, 0.4) is 0 Å². The maximum absolute atomic E-state index is 11.7. The molecule has 1 heterocycles. The smallest absolute Gasteiger partial charge is 0.244 e. The predicted molar refractivity (Wildman–Crippen MR) is 68.5 cm³/mol. The Morgan fingerprint density at radius 1 is 1.59 bits per heavy atom. The van der Waals surface area contributed by atoms with Crippen molar-refractivity contribution in [3.8, 4) is 6.07 Å². The largest absolute Gasteiger partial charge is 0.373 e. The Morgan fingerprint density at radius 3 is 2.94 bits per heavy atom. The summed E-state index contributed by atoms with van der Waals surface area (Å²) in [5, 5.41) is 12.2. The lowest BCUT2D eigenvalue weighted by Gasteiger charge is -2.14. The van der Waals surface area contributed by atoms with Crippen LogP contribution in [-0.4, -0.2) is 30.4 Å². The van der Waals surface area contributed by atoms with E-state index in [0.717, 1.165) is 17.4 Å². The molecule has 0 radical (unpaired) electrons. The first kappa shape index (κ1) is 11.9. The van der Waals surface area contributed by atoms with Crippen molar-refractivity contribution >= 4 is 27.5 Å². The van der Waals surface area contributed by atoms with Crippen molar-refractivity contribution in [2.75, 3.05) is 18.9 Å². The van der Waals surface area contributed by atoms with E-state index in [0.29, 0.717) is 11.3 Å². The van der Waals surface area contributed by atoms with E-state index >= 15 is 0 Å². The fourth-order valence-corrected chi connectivity index (χ4v) is 2.24. The highest BCUT2D eigenvalue weighted by atomic mass is 79.9. The van der Waals surface area contributed by atoms with E-state index in [1.165, 1.54) is 0 Å². The van der Waals surface area contributed by atoms with Gasteiger partial charge in [-0.05, 0) is 24.6 Å². The third-order valence-corrected chi connectivity index (χ3v) is 3.35. The summed E-state index contributed by atoms with van der Waals surface area (Å²) in [6.07, 6.45) is 0.774. The number of hydrogen-bond acceptors (Lipinski definition) is 3. The number of anilines is 1. The molecular weight excluding hydrogens is 282 g/mol. The summed E-state index contributed by atoms with van der Waals surface area (Å²) in [4.78, 5) is 13.4. The van der Waals surface area contributed by atoms with Gasteiger partial charge in [0.25, 0.3) is 0 Å². The quantitative estimate of drug-likeness (QED) is 0.907. The number of likely N-dealkylation sites (tertiary alicyclic amines) is 1. The van der Waals surface area contributed by atoms with Crippen LogP contribution < -0.4 is 5.32 Å². The van der Waals surface area contributed by atoms with Crippen LogP contribution in [0.5, 0.6) is 0 Å². The van der Waals surface area contributed by atoms with Gasteiger partial charge >= 0.3 is 0 Å². The molecule has 1 fully saturated rings. The highest BCUT2D eigenvalue weighted by Gasteiger charge is 2.29. The van der Waals surface area contributed by atoms with E-state index in [4.69, 9.17) is 5.26 Å². The summed E-state index contributed by atoms with van der Waals surface area (Å²) in [5.41, 5.74) is 1.26. The van der Waals surface area contributed by atoms with Crippen molar-refractivity contribution in [3.05, 3.63) is 28.2 Å². The molecule has 88 valence electrons. The molecule has 4 nitrogen and oxygen atoms in total. The van der Waals surface area contributed by atoms with Gasteiger partial charge in [0, 0.05) is 18.1 Å². The lowest BCUT2D eigenvalue weighted by molar-refractivity contribution is -0.127. The average Bonchev–Trinajstić information content (AvgIpc) is 2.63. The van der Waals surface area contributed by atoms with Crippen molar-refractivity contribution < 1.29 is 4.79 Å². The second-order valence-corrected chi connectivity index (χ2v) is 4.96. The molecule has 1 atom stereocenters. The zero-order valence-corrected chi connectivity index (χ0v) is 11.0. The van der Waals surface area contributed by atoms with Gasteiger partial charge in [0.2, 0.25) is 5.91 Å². The fraction of sp³-hybridized carbons (Fsp3) is 0.333. The van der Waals surface area contributed by atoms with Crippen LogP contribution in [0.25, 0.3) is 0 Å². The van der Waals surface area contributed by atoms with E-state index in [1.54, 1.807) is 18.0 Å². The Kier molecular flexibility index (Phi) is 3.34. The normalized spacial score (nSPS) is 19.2. The fourth-order valence-electron chi connectivity index (χ4n) is 1.88. The SMILES string of the molecule is CN1CCC(Nc2ccc(Br)cc2C#N)C1=O. The van der Waals surface area contributed by atoms with Gasteiger partial charge in [0.15, 0.2) is 0 Å². The van der Waals surface area contributed by atoms with Gasteiger partial charge in [0.1, 0.15) is 12.1 Å². The number of rotatable bonds is 2. The van der Waals surface area contributed by atoms with E-state index in [1.807, 2.05) is 12.1 Å². The Hall–Kier alpha value is -1.54. The molecule has 17 heavy (non-hydrogen) atoms. The molecule has 5 heteroatoms. The molecule has 1 aromatic rings. The van der Waals surface area contributed by atoms with E-state index in [2.05, 4.69) is 27.3 Å². The molecule has 1 aliphatic rings. The lowest BCUT2D eigenvalue weighted by Crippen LogP contribution is -2.31. The molecule has 1 N–H and O–H groups in total. The Morgan fingerprint density at radius 2 is 2.35 bits per heavy atom. The second kappa shape index (κ2) is 4.76. The standard InChI is InChI=1S/C12H12BrN3O/c1-16-5-4-11(12(16)17)15-10-3-2-9(13)6-8(10)7-14/h2-3,6,11,15H,4-5H2,1H3. The van der Waals surface area contributed by atoms with E-state index < -0.39 is 0 Å². The summed E-state index contributed by atoms with van der Waals surface area (Å²) in [7, 11) is 1.79. The zero-order valence-electron chi connectivity index (χ0n) is 9.40. The number of nitriles is 1. The first-order valence-electron chi connectivity index (χ1n) is 5.33. The molecule has 1 aliphatic heterocycles. The summed E-state index contributed by atoms with van der Waals surface area (Å²) in [6.45, 7) is 0.759. The number of halogens is 1. The number of amides is 1. The van der Waals surface area contributed by atoms with Gasteiger partial charge < -0.3 is 10.2 Å². The molecule has 0 aromatic heterocycles. The topological polar surface area (TPSA) is 56.1 Å². The molecule has 1 unspecified atom stereocenters. The maximum Gasteiger partial charge on any atom is 0.244 e. The van der Waals surface area contributed by atoms with Crippen molar-refractivity contribution in [2.24, 2.45) is 0 Å². The Labute approximate surface area is 108 Å². The summed E-state index contributed by atoms with van der Waals surface area (Å²) in [6, 6.07) is 7.31. The molecular formula is C12H12BrN3O. The third-order valence-electron chi connectivity index (χ3n) is 2.86. The number of carbonyl (C=O) groups is 1. The van der Waals surface area contributed by atoms with Crippen molar-refractivity contribution in [3.63, 3.8) is 0 Å². The third kappa shape index (κ3) is 2.42. The summed E-state index contributed by atoms with van der Waals surface area (Å²) >= 11 is 3.32. The molecule has 2 rings (SSSR count). The molecule has 1 saturated heterocycles. The molecule has 1 aromatic carbocycles. The lowest BCUT2D eigenvalue weighted by atomic mass is 10.1. The van der Waals surface area contributed by atoms with Gasteiger partial charge in [-0.25, -0.2) is 0 Å². The van der Waals surface area contributed by atoms with Gasteiger partial charge in [0.05, 0.1) is 11.3 Å². The molecule has 0 spiro atoms. The van der Waals surface area contributed by atoms with Crippen molar-refractivity contribution in [1.82, 2.24) is 4.90 Å². The molecule has 0 aliphatic carbocycles. The number of nitrogens with zero attached hydrogens (tertiary/aromatic N) is 2. The molecule has 0 bridgehead atoms. The van der Waals surface area contributed by atoms with Gasteiger partial charge in [-0.2, -0.15) is 5.26 Å². The van der Waals surface area contributed by atoms with Crippen LogP contribution in [0.4, 0.5) is 5.69 Å². The number of carbonyl (C=O) groups excluding carboxylic acids is 1. The van der Waals surface area contributed by atoms with Gasteiger partial charge in [-0.1, -0.05) is 15.9 Å². The van der Waals surface area contributed by atoms with Crippen LogP contribution >= 0.6 is 15.9 Å². The number of hydrogen-bond donors (Lipinski definition) is 1. The van der Waals surface area contributed by atoms with Crippen LogP contribution in [0.2, 0.25) is 0 Å². The van der Waals surface area contributed by atoms with Crippen LogP contribution in [0.15, 0.2) is 22.7 Å². The zero-order chi connectivity index (χ0) is 12.4. The number of benzene rings is 1. The van der Waals surface area contributed by atoms with E-state index in [9.17, 15) is 4.79 Å². The van der Waals surface area contributed by atoms with Gasteiger partial charge in [-0.3, -0.25) is 4.79 Å². The van der Waals surface area contributed by atoms with Crippen LogP contribution in [0, 0.1) is 11.3 Å². The minimum atomic E-state index is -0.215. The van der Waals surface area contributed by atoms with Crippen LogP contribution in [0.1, 0.15) is 12.0 Å². The van der Waals surface area contributed by atoms with Crippen LogP contribution in [-0.2, 0) is 4.79 Å². The predicted octanol–water partition coefficient (Wildman–Crippen LogP) is 1.96. The first-order valence-corrected chi connectivity index (χ1v) is 6.12.